The molecule has 1 heterocycles. The Balaban J connectivity index is 2.25. The largest absolute Gasteiger partial charge is 0.326 e. The molecule has 2 rings (SSSR count). The molecule has 7 nitrogen and oxygen atoms in total. The summed E-state index contributed by atoms with van der Waals surface area (Å²) >= 11 is 0. The standard InChI is InChI=1S/C13H17N3O4S/c1-8-5-10(4-3-9(8)7-14)21(19,20)15-11-6-12(17)16(2)13(11)18/h3-5,11,15H,6-7,14H2,1-2H3. The van der Waals surface area contributed by atoms with Gasteiger partial charge in [-0.15, -0.1) is 0 Å². The second kappa shape index (κ2) is 5.55. The van der Waals surface area contributed by atoms with E-state index >= 15 is 0 Å². The van der Waals surface area contributed by atoms with E-state index in [9.17, 15) is 18.0 Å². The molecule has 0 spiro atoms. The van der Waals surface area contributed by atoms with E-state index in [0.717, 1.165) is 16.0 Å². The van der Waals surface area contributed by atoms with Gasteiger partial charge >= 0.3 is 0 Å². The minimum absolute atomic E-state index is 0.0482. The van der Waals surface area contributed by atoms with Gasteiger partial charge in [0, 0.05) is 13.6 Å². The lowest BCUT2D eigenvalue weighted by atomic mass is 10.1. The Kier molecular flexibility index (Phi) is 4.13. The van der Waals surface area contributed by atoms with Gasteiger partial charge < -0.3 is 5.73 Å². The third-order valence-electron chi connectivity index (χ3n) is 3.52. The van der Waals surface area contributed by atoms with Gasteiger partial charge in [0.25, 0.3) is 0 Å². The summed E-state index contributed by atoms with van der Waals surface area (Å²) in [5.74, 6) is -0.943. The lowest BCUT2D eigenvalue weighted by Gasteiger charge is -2.13. The van der Waals surface area contributed by atoms with Crippen LogP contribution in [0.3, 0.4) is 0 Å². The Morgan fingerprint density at radius 2 is 2.05 bits per heavy atom. The molecule has 1 atom stereocenters. The van der Waals surface area contributed by atoms with Crippen LogP contribution in [0.25, 0.3) is 0 Å². The molecule has 1 aromatic rings. The Morgan fingerprint density at radius 3 is 2.52 bits per heavy atom. The number of likely N-dealkylation sites (N-methyl/N-ethyl adjacent to an activating group) is 1. The molecular weight excluding hydrogens is 294 g/mol. The van der Waals surface area contributed by atoms with Gasteiger partial charge in [-0.05, 0) is 30.2 Å². The number of nitrogens with one attached hydrogen (secondary N) is 1. The zero-order valence-corrected chi connectivity index (χ0v) is 12.6. The summed E-state index contributed by atoms with van der Waals surface area (Å²) in [6, 6.07) is 3.53. The highest BCUT2D eigenvalue weighted by atomic mass is 32.2. The van der Waals surface area contributed by atoms with Crippen molar-refractivity contribution >= 4 is 21.8 Å². The molecule has 1 fully saturated rings. The van der Waals surface area contributed by atoms with E-state index in [4.69, 9.17) is 5.73 Å². The van der Waals surface area contributed by atoms with Crippen LogP contribution in [0.4, 0.5) is 0 Å². The van der Waals surface area contributed by atoms with Crippen LogP contribution in [-0.2, 0) is 26.2 Å². The Bertz CT molecular complexity index is 699. The maximum absolute atomic E-state index is 12.3. The van der Waals surface area contributed by atoms with Crippen molar-refractivity contribution in [2.24, 2.45) is 5.73 Å². The van der Waals surface area contributed by atoms with Crippen molar-refractivity contribution < 1.29 is 18.0 Å². The van der Waals surface area contributed by atoms with Gasteiger partial charge in [-0.3, -0.25) is 14.5 Å². The fourth-order valence-corrected chi connectivity index (χ4v) is 3.44. The molecule has 0 saturated carbocycles. The summed E-state index contributed by atoms with van der Waals surface area (Å²) in [5.41, 5.74) is 7.14. The average Bonchev–Trinajstić information content (AvgIpc) is 2.65. The summed E-state index contributed by atoms with van der Waals surface area (Å²) in [6.07, 6.45) is -0.158. The van der Waals surface area contributed by atoms with E-state index in [1.807, 2.05) is 0 Å². The molecule has 3 N–H and O–H groups in total. The third-order valence-corrected chi connectivity index (χ3v) is 4.99. The normalized spacial score (nSPS) is 19.4. The number of rotatable bonds is 4. The maximum atomic E-state index is 12.3. The number of likely N-dealkylation sites (tertiary alicyclic amines) is 1. The van der Waals surface area contributed by atoms with Gasteiger partial charge in [0.1, 0.15) is 6.04 Å². The number of carbonyl (C=O) groups excluding carboxylic acids is 2. The number of carbonyl (C=O) groups is 2. The van der Waals surface area contributed by atoms with E-state index in [2.05, 4.69) is 4.72 Å². The Morgan fingerprint density at radius 1 is 1.38 bits per heavy atom. The first kappa shape index (κ1) is 15.6. The predicted octanol–water partition coefficient (Wildman–Crippen LogP) is -0.511. The Hall–Kier alpha value is -1.77. The molecule has 0 radical (unpaired) electrons. The molecule has 8 heteroatoms. The monoisotopic (exact) mass is 311 g/mol. The quantitative estimate of drug-likeness (QED) is 0.728. The van der Waals surface area contributed by atoms with E-state index in [-0.39, 0.29) is 11.3 Å². The number of hydrogen-bond acceptors (Lipinski definition) is 5. The SMILES string of the molecule is Cc1cc(S(=O)(=O)NC2CC(=O)N(C)C2=O)ccc1CN. The molecule has 1 saturated heterocycles. The molecule has 1 aliphatic rings. The molecule has 114 valence electrons. The fraction of sp³-hybridized carbons (Fsp3) is 0.385. The second-order valence-corrected chi connectivity index (χ2v) is 6.68. The summed E-state index contributed by atoms with van der Waals surface area (Å²) < 4.78 is 26.8. The number of benzene rings is 1. The number of sulfonamides is 1. The molecule has 0 aromatic heterocycles. The fourth-order valence-electron chi connectivity index (χ4n) is 2.17. The van der Waals surface area contributed by atoms with Crippen molar-refractivity contribution in [3.8, 4) is 0 Å². The zero-order valence-electron chi connectivity index (χ0n) is 11.8. The van der Waals surface area contributed by atoms with Crippen LogP contribution in [0.5, 0.6) is 0 Å². The molecular formula is C13H17N3O4S. The lowest BCUT2D eigenvalue weighted by molar-refractivity contribution is -0.137. The predicted molar refractivity (Wildman–Crippen MR) is 75.6 cm³/mol. The highest BCUT2D eigenvalue weighted by Crippen LogP contribution is 2.18. The zero-order chi connectivity index (χ0) is 15.8. The molecule has 1 aliphatic heterocycles. The molecule has 0 aliphatic carbocycles. The number of nitrogens with zero attached hydrogens (tertiary/aromatic N) is 1. The first-order valence-electron chi connectivity index (χ1n) is 6.38. The Labute approximate surface area is 123 Å². The van der Waals surface area contributed by atoms with Crippen LogP contribution in [0.15, 0.2) is 23.1 Å². The minimum Gasteiger partial charge on any atom is -0.326 e. The van der Waals surface area contributed by atoms with Crippen LogP contribution >= 0.6 is 0 Å². The van der Waals surface area contributed by atoms with Crippen LogP contribution in [0.2, 0.25) is 0 Å². The summed E-state index contributed by atoms with van der Waals surface area (Å²) in [5, 5.41) is 0. The van der Waals surface area contributed by atoms with E-state index in [1.54, 1.807) is 13.0 Å². The molecule has 1 unspecified atom stereocenters. The second-order valence-electron chi connectivity index (χ2n) is 4.96. The number of amides is 2. The average molecular weight is 311 g/mol. The summed E-state index contributed by atoms with van der Waals surface area (Å²) in [4.78, 5) is 24.1. The van der Waals surface area contributed by atoms with Gasteiger partial charge in [0.15, 0.2) is 0 Å². The van der Waals surface area contributed by atoms with Crippen molar-refractivity contribution in [3.05, 3.63) is 29.3 Å². The first-order chi connectivity index (χ1) is 9.76. The van der Waals surface area contributed by atoms with Gasteiger partial charge in [0.2, 0.25) is 21.8 Å². The van der Waals surface area contributed by atoms with Gasteiger partial charge in [-0.1, -0.05) is 6.07 Å². The van der Waals surface area contributed by atoms with Crippen molar-refractivity contribution in [1.82, 2.24) is 9.62 Å². The van der Waals surface area contributed by atoms with Crippen LogP contribution in [0.1, 0.15) is 17.5 Å². The highest BCUT2D eigenvalue weighted by molar-refractivity contribution is 7.89. The lowest BCUT2D eigenvalue weighted by Crippen LogP contribution is -2.40. The third kappa shape index (κ3) is 2.97. The van der Waals surface area contributed by atoms with Gasteiger partial charge in [-0.2, -0.15) is 4.72 Å². The van der Waals surface area contributed by atoms with Crippen molar-refractivity contribution in [3.63, 3.8) is 0 Å². The topological polar surface area (TPSA) is 110 Å². The molecule has 0 bridgehead atoms. The van der Waals surface area contributed by atoms with E-state index in [1.165, 1.54) is 19.2 Å². The molecule has 21 heavy (non-hydrogen) atoms. The van der Waals surface area contributed by atoms with E-state index in [0.29, 0.717) is 6.54 Å². The summed E-state index contributed by atoms with van der Waals surface area (Å²) in [6.45, 7) is 2.08. The first-order valence-corrected chi connectivity index (χ1v) is 7.87. The number of imide groups is 1. The van der Waals surface area contributed by atoms with Crippen LogP contribution < -0.4 is 10.5 Å². The molecule has 1 aromatic carbocycles. The maximum Gasteiger partial charge on any atom is 0.247 e. The van der Waals surface area contributed by atoms with Crippen molar-refractivity contribution in [1.29, 1.82) is 0 Å². The highest BCUT2D eigenvalue weighted by Gasteiger charge is 2.38. The minimum atomic E-state index is -3.86. The van der Waals surface area contributed by atoms with E-state index < -0.39 is 27.9 Å². The smallest absolute Gasteiger partial charge is 0.247 e. The van der Waals surface area contributed by atoms with Crippen molar-refractivity contribution in [2.45, 2.75) is 30.8 Å². The van der Waals surface area contributed by atoms with Gasteiger partial charge in [0.05, 0.1) is 11.3 Å². The summed E-state index contributed by atoms with van der Waals surface area (Å²) in [7, 11) is -2.53. The van der Waals surface area contributed by atoms with Crippen molar-refractivity contribution in [2.75, 3.05) is 7.05 Å². The van der Waals surface area contributed by atoms with Crippen LogP contribution in [0, 0.1) is 6.92 Å². The van der Waals surface area contributed by atoms with Gasteiger partial charge in [-0.25, -0.2) is 8.42 Å². The number of nitrogens with two attached hydrogens (primary N) is 1. The number of aryl methyl sites for hydroxylation is 1. The van der Waals surface area contributed by atoms with Crippen LogP contribution in [-0.4, -0.2) is 38.2 Å². The number of hydrogen-bond donors (Lipinski definition) is 2. The molecule has 2 amide bonds.